The van der Waals surface area contributed by atoms with Crippen molar-refractivity contribution >= 4 is 11.6 Å². The Labute approximate surface area is 156 Å². The molecule has 0 aliphatic carbocycles. The molecule has 7 nitrogen and oxygen atoms in total. The van der Waals surface area contributed by atoms with Crippen LogP contribution in [0.15, 0.2) is 42.6 Å². The first-order valence-corrected chi connectivity index (χ1v) is 8.92. The molecule has 1 saturated heterocycles. The van der Waals surface area contributed by atoms with E-state index < -0.39 is 16.6 Å². The summed E-state index contributed by atoms with van der Waals surface area (Å²) in [6.45, 7) is 1.92. The monoisotopic (exact) mass is 372 g/mol. The number of carbonyl (C=O) groups is 1. The molecular formula is C19H21FN4O3. The molecule has 0 radical (unpaired) electrons. The number of carbonyl (C=O) groups excluding carboxylic acids is 1. The number of hydrogen-bond acceptors (Lipinski definition) is 5. The van der Waals surface area contributed by atoms with Crippen LogP contribution >= 0.6 is 0 Å². The Morgan fingerprint density at radius 2 is 2.15 bits per heavy atom. The second-order valence-corrected chi connectivity index (χ2v) is 6.51. The molecule has 2 heterocycles. The summed E-state index contributed by atoms with van der Waals surface area (Å²) >= 11 is 0. The second kappa shape index (κ2) is 8.68. The molecule has 0 bridgehead atoms. The standard InChI is InChI=1S/C19H21FN4O3/c20-18-12-16(24(26)27)6-7-17(18)19(25)23(13-14-4-1-2-10-22-14)15-5-3-9-21-11-8-15/h1-2,4,6-7,10,12,15,21H,3,5,8-9,11,13H2. The fraction of sp³-hybridized carbons (Fsp3) is 0.368. The summed E-state index contributed by atoms with van der Waals surface area (Å²) in [6.07, 6.45) is 4.13. The lowest BCUT2D eigenvalue weighted by Crippen LogP contribution is -2.41. The smallest absolute Gasteiger partial charge is 0.272 e. The third-order valence-corrected chi connectivity index (χ3v) is 4.70. The van der Waals surface area contributed by atoms with E-state index in [1.807, 2.05) is 12.1 Å². The van der Waals surface area contributed by atoms with Crippen molar-refractivity contribution in [3.63, 3.8) is 0 Å². The van der Waals surface area contributed by atoms with Crippen LogP contribution in [0.1, 0.15) is 35.3 Å². The summed E-state index contributed by atoms with van der Waals surface area (Å²) in [4.78, 5) is 29.2. The summed E-state index contributed by atoms with van der Waals surface area (Å²) in [7, 11) is 0. The summed E-state index contributed by atoms with van der Waals surface area (Å²) < 4.78 is 14.4. The van der Waals surface area contributed by atoms with Crippen LogP contribution < -0.4 is 5.32 Å². The van der Waals surface area contributed by atoms with Crippen LogP contribution in [0.25, 0.3) is 0 Å². The van der Waals surface area contributed by atoms with Gasteiger partial charge in [0.2, 0.25) is 0 Å². The van der Waals surface area contributed by atoms with E-state index in [4.69, 9.17) is 0 Å². The number of nitrogens with zero attached hydrogens (tertiary/aromatic N) is 3. The lowest BCUT2D eigenvalue weighted by molar-refractivity contribution is -0.385. The number of non-ortho nitro benzene ring substituents is 1. The molecule has 1 atom stereocenters. The topological polar surface area (TPSA) is 88.4 Å². The van der Waals surface area contributed by atoms with Crippen molar-refractivity contribution in [2.24, 2.45) is 0 Å². The predicted octanol–water partition coefficient (Wildman–Crippen LogP) is 2.91. The Kier molecular flexibility index (Phi) is 6.08. The maximum absolute atomic E-state index is 14.4. The third-order valence-electron chi connectivity index (χ3n) is 4.70. The minimum atomic E-state index is -0.882. The highest BCUT2D eigenvalue weighted by Crippen LogP contribution is 2.23. The minimum Gasteiger partial charge on any atom is -0.330 e. The number of nitrogens with one attached hydrogen (secondary N) is 1. The van der Waals surface area contributed by atoms with Crippen molar-refractivity contribution in [3.05, 3.63) is 69.8 Å². The molecule has 1 aromatic heterocycles. The molecule has 1 unspecified atom stereocenters. The van der Waals surface area contributed by atoms with Crippen LogP contribution in [0.3, 0.4) is 0 Å². The van der Waals surface area contributed by atoms with Gasteiger partial charge >= 0.3 is 0 Å². The minimum absolute atomic E-state index is 0.0518. The Bertz CT molecular complexity index is 808. The van der Waals surface area contributed by atoms with Gasteiger partial charge in [-0.3, -0.25) is 19.9 Å². The Hall–Kier alpha value is -2.87. The Morgan fingerprint density at radius 3 is 2.85 bits per heavy atom. The van der Waals surface area contributed by atoms with Crippen LogP contribution in [-0.4, -0.2) is 39.8 Å². The molecule has 1 N–H and O–H groups in total. The van der Waals surface area contributed by atoms with E-state index in [1.165, 1.54) is 6.07 Å². The molecule has 1 aromatic carbocycles. The molecule has 0 spiro atoms. The van der Waals surface area contributed by atoms with Gasteiger partial charge in [0.25, 0.3) is 11.6 Å². The van der Waals surface area contributed by atoms with Gasteiger partial charge in [0.05, 0.1) is 28.8 Å². The number of nitro groups is 1. The lowest BCUT2D eigenvalue weighted by atomic mass is 10.0. The van der Waals surface area contributed by atoms with Crippen molar-refractivity contribution in [2.75, 3.05) is 13.1 Å². The largest absolute Gasteiger partial charge is 0.330 e. The van der Waals surface area contributed by atoms with E-state index in [0.717, 1.165) is 44.5 Å². The molecule has 1 amide bonds. The SMILES string of the molecule is O=C(c1ccc([N+](=O)[O-])cc1F)N(Cc1ccccn1)C1CCCNCC1. The quantitative estimate of drug-likeness (QED) is 0.644. The number of halogens is 1. The van der Waals surface area contributed by atoms with Gasteiger partial charge in [0.15, 0.2) is 0 Å². The van der Waals surface area contributed by atoms with Crippen LogP contribution in [0.2, 0.25) is 0 Å². The number of nitro benzene ring substituents is 1. The number of aromatic nitrogens is 1. The van der Waals surface area contributed by atoms with E-state index >= 15 is 0 Å². The van der Waals surface area contributed by atoms with E-state index in [1.54, 1.807) is 17.2 Å². The molecule has 27 heavy (non-hydrogen) atoms. The predicted molar refractivity (Wildman–Crippen MR) is 97.7 cm³/mol. The molecule has 1 aliphatic heterocycles. The van der Waals surface area contributed by atoms with E-state index in [9.17, 15) is 19.3 Å². The molecule has 2 aromatic rings. The van der Waals surface area contributed by atoms with Crippen molar-refractivity contribution in [1.29, 1.82) is 0 Å². The van der Waals surface area contributed by atoms with Gasteiger partial charge in [-0.2, -0.15) is 0 Å². The van der Waals surface area contributed by atoms with Gasteiger partial charge < -0.3 is 10.2 Å². The number of rotatable bonds is 5. The summed E-state index contributed by atoms with van der Waals surface area (Å²) in [5, 5.41) is 14.1. The Balaban J connectivity index is 1.91. The fourth-order valence-corrected chi connectivity index (χ4v) is 3.29. The second-order valence-electron chi connectivity index (χ2n) is 6.51. The molecular weight excluding hydrogens is 351 g/mol. The van der Waals surface area contributed by atoms with Crippen LogP contribution in [0.4, 0.5) is 10.1 Å². The van der Waals surface area contributed by atoms with Crippen LogP contribution in [0.5, 0.6) is 0 Å². The number of hydrogen-bond donors (Lipinski definition) is 1. The van der Waals surface area contributed by atoms with Gasteiger partial charge in [-0.15, -0.1) is 0 Å². The fourth-order valence-electron chi connectivity index (χ4n) is 3.29. The first-order valence-electron chi connectivity index (χ1n) is 8.92. The lowest BCUT2D eigenvalue weighted by Gasteiger charge is -2.31. The average Bonchev–Trinajstić information content (AvgIpc) is 2.95. The molecule has 1 fully saturated rings. The zero-order chi connectivity index (χ0) is 19.2. The average molecular weight is 372 g/mol. The van der Waals surface area contributed by atoms with Crippen molar-refractivity contribution in [2.45, 2.75) is 31.8 Å². The maximum Gasteiger partial charge on any atom is 0.272 e. The highest BCUT2D eigenvalue weighted by atomic mass is 19.1. The first-order chi connectivity index (χ1) is 13.1. The van der Waals surface area contributed by atoms with Gasteiger partial charge in [0.1, 0.15) is 5.82 Å². The van der Waals surface area contributed by atoms with Gasteiger partial charge in [0, 0.05) is 18.3 Å². The number of benzene rings is 1. The van der Waals surface area contributed by atoms with E-state index in [2.05, 4.69) is 10.3 Å². The summed E-state index contributed by atoms with van der Waals surface area (Å²) in [5.41, 5.74) is 0.179. The van der Waals surface area contributed by atoms with Crippen LogP contribution in [-0.2, 0) is 6.54 Å². The zero-order valence-electron chi connectivity index (χ0n) is 14.8. The zero-order valence-corrected chi connectivity index (χ0v) is 14.8. The third kappa shape index (κ3) is 4.65. The summed E-state index contributed by atoms with van der Waals surface area (Å²) in [6, 6.07) is 8.54. The van der Waals surface area contributed by atoms with Gasteiger partial charge in [-0.1, -0.05) is 6.07 Å². The van der Waals surface area contributed by atoms with Gasteiger partial charge in [-0.25, -0.2) is 4.39 Å². The molecule has 0 saturated carbocycles. The summed E-state index contributed by atoms with van der Waals surface area (Å²) in [5.74, 6) is -1.35. The number of pyridine rings is 1. The van der Waals surface area contributed by atoms with Gasteiger partial charge in [-0.05, 0) is 50.6 Å². The van der Waals surface area contributed by atoms with Crippen molar-refractivity contribution in [1.82, 2.24) is 15.2 Å². The molecule has 142 valence electrons. The normalized spacial score (nSPS) is 17.1. The highest BCUT2D eigenvalue weighted by Gasteiger charge is 2.28. The van der Waals surface area contributed by atoms with E-state index in [0.29, 0.717) is 5.69 Å². The molecule has 8 heteroatoms. The Morgan fingerprint density at radius 1 is 1.30 bits per heavy atom. The molecule has 3 rings (SSSR count). The van der Waals surface area contributed by atoms with Crippen molar-refractivity contribution in [3.8, 4) is 0 Å². The number of amides is 1. The first kappa shape index (κ1) is 18.9. The van der Waals surface area contributed by atoms with Crippen LogP contribution in [0, 0.1) is 15.9 Å². The van der Waals surface area contributed by atoms with E-state index in [-0.39, 0.29) is 23.8 Å². The molecule has 1 aliphatic rings. The highest BCUT2D eigenvalue weighted by molar-refractivity contribution is 5.95. The van der Waals surface area contributed by atoms with Crippen molar-refractivity contribution < 1.29 is 14.1 Å². The maximum atomic E-state index is 14.4.